The van der Waals surface area contributed by atoms with Crippen LogP contribution in [-0.2, 0) is 9.53 Å². The highest BCUT2D eigenvalue weighted by molar-refractivity contribution is 9.10. The number of cyclic esters (lactones) is 1. The van der Waals surface area contributed by atoms with E-state index in [4.69, 9.17) is 4.74 Å². The van der Waals surface area contributed by atoms with Crippen molar-refractivity contribution < 1.29 is 9.53 Å². The molecule has 1 aliphatic rings. The van der Waals surface area contributed by atoms with Crippen molar-refractivity contribution in [3.05, 3.63) is 34.3 Å². The first-order valence-electron chi connectivity index (χ1n) is 5.35. The number of ether oxygens (including phenoxy) is 1. The fourth-order valence-corrected chi connectivity index (χ4v) is 2.24. The van der Waals surface area contributed by atoms with E-state index >= 15 is 0 Å². The van der Waals surface area contributed by atoms with Crippen molar-refractivity contribution in [2.24, 2.45) is 0 Å². The van der Waals surface area contributed by atoms with Crippen molar-refractivity contribution in [1.29, 1.82) is 0 Å². The maximum absolute atomic E-state index is 11.3. The lowest BCUT2D eigenvalue weighted by Gasteiger charge is -2.17. The van der Waals surface area contributed by atoms with Crippen molar-refractivity contribution in [2.75, 3.05) is 6.61 Å². The minimum absolute atomic E-state index is 0.137. The molecule has 0 spiro atoms. The first-order chi connectivity index (χ1) is 7.66. The number of hydrogen-bond donors (Lipinski definition) is 1. The van der Waals surface area contributed by atoms with E-state index in [2.05, 4.69) is 27.3 Å². The van der Waals surface area contributed by atoms with Crippen LogP contribution in [0.4, 0.5) is 0 Å². The monoisotopic (exact) mass is 283 g/mol. The largest absolute Gasteiger partial charge is 0.464 e. The van der Waals surface area contributed by atoms with Crippen LogP contribution in [-0.4, -0.2) is 18.6 Å². The second kappa shape index (κ2) is 4.97. The van der Waals surface area contributed by atoms with Crippen LogP contribution < -0.4 is 5.32 Å². The number of carbonyl (C=O) groups excluding carboxylic acids is 1. The molecule has 86 valence electrons. The molecule has 1 aromatic carbocycles. The topological polar surface area (TPSA) is 38.3 Å². The molecule has 3 nitrogen and oxygen atoms in total. The summed E-state index contributed by atoms with van der Waals surface area (Å²) in [6, 6.07) is 8.06. The molecule has 1 N–H and O–H groups in total. The highest BCUT2D eigenvalue weighted by Gasteiger charge is 2.27. The van der Waals surface area contributed by atoms with Crippen LogP contribution in [0.25, 0.3) is 0 Å². The van der Waals surface area contributed by atoms with Gasteiger partial charge in [0.05, 0.1) is 6.61 Å². The number of carbonyl (C=O) groups is 1. The van der Waals surface area contributed by atoms with Gasteiger partial charge in [-0.25, -0.2) is 0 Å². The molecule has 2 rings (SSSR count). The molecule has 1 aliphatic heterocycles. The Kier molecular flexibility index (Phi) is 3.61. The van der Waals surface area contributed by atoms with E-state index < -0.39 is 0 Å². The van der Waals surface area contributed by atoms with Gasteiger partial charge in [-0.1, -0.05) is 28.1 Å². The van der Waals surface area contributed by atoms with E-state index in [0.29, 0.717) is 6.61 Å². The number of nitrogens with one attached hydrogen (secondary N) is 1. The van der Waals surface area contributed by atoms with Gasteiger partial charge in [-0.2, -0.15) is 0 Å². The maximum atomic E-state index is 11.3. The van der Waals surface area contributed by atoms with Gasteiger partial charge in [0.15, 0.2) is 0 Å². The van der Waals surface area contributed by atoms with Crippen LogP contribution >= 0.6 is 15.9 Å². The van der Waals surface area contributed by atoms with Crippen LogP contribution in [0.15, 0.2) is 28.7 Å². The summed E-state index contributed by atoms with van der Waals surface area (Å²) in [6.45, 7) is 2.58. The summed E-state index contributed by atoms with van der Waals surface area (Å²) in [5.41, 5.74) is 1.16. The third-order valence-corrected chi connectivity index (χ3v) is 3.23. The van der Waals surface area contributed by atoms with Gasteiger partial charge in [0.25, 0.3) is 0 Å². The second-order valence-electron chi connectivity index (χ2n) is 3.95. The SMILES string of the molecule is CC(NC1CCOC1=O)c1cccc(Br)c1. The van der Waals surface area contributed by atoms with Gasteiger partial charge in [0.2, 0.25) is 0 Å². The number of hydrogen-bond acceptors (Lipinski definition) is 3. The molecule has 4 heteroatoms. The van der Waals surface area contributed by atoms with Gasteiger partial charge in [-0.3, -0.25) is 10.1 Å². The lowest BCUT2D eigenvalue weighted by Crippen LogP contribution is -2.35. The zero-order valence-electron chi connectivity index (χ0n) is 9.07. The number of halogens is 1. The molecule has 0 radical (unpaired) electrons. The van der Waals surface area contributed by atoms with Gasteiger partial charge in [-0.05, 0) is 24.6 Å². The quantitative estimate of drug-likeness (QED) is 0.866. The van der Waals surface area contributed by atoms with Gasteiger partial charge in [0.1, 0.15) is 6.04 Å². The molecular formula is C12H14BrNO2. The standard InChI is InChI=1S/C12H14BrNO2/c1-8(9-3-2-4-10(13)7-9)14-11-5-6-16-12(11)15/h2-4,7-8,11,14H,5-6H2,1H3. The normalized spacial score (nSPS) is 21.9. The first-order valence-corrected chi connectivity index (χ1v) is 6.14. The lowest BCUT2D eigenvalue weighted by atomic mass is 10.1. The smallest absolute Gasteiger partial charge is 0.323 e. The Labute approximate surface area is 103 Å². The Hall–Kier alpha value is -0.870. The van der Waals surface area contributed by atoms with Crippen LogP contribution in [0, 0.1) is 0 Å². The summed E-state index contributed by atoms with van der Waals surface area (Å²) in [5.74, 6) is -0.137. The average molecular weight is 284 g/mol. The Balaban J connectivity index is 2.02. The van der Waals surface area contributed by atoms with E-state index in [-0.39, 0.29) is 18.1 Å². The summed E-state index contributed by atoms with van der Waals surface area (Å²) in [5, 5.41) is 3.28. The third-order valence-electron chi connectivity index (χ3n) is 2.74. The zero-order valence-corrected chi connectivity index (χ0v) is 10.7. The summed E-state index contributed by atoms with van der Waals surface area (Å²) in [4.78, 5) is 11.3. The van der Waals surface area contributed by atoms with E-state index in [1.54, 1.807) is 0 Å². The fraction of sp³-hybridized carbons (Fsp3) is 0.417. The molecule has 0 saturated carbocycles. The highest BCUT2D eigenvalue weighted by atomic mass is 79.9. The minimum Gasteiger partial charge on any atom is -0.464 e. The summed E-state index contributed by atoms with van der Waals surface area (Å²) >= 11 is 3.44. The lowest BCUT2D eigenvalue weighted by molar-refractivity contribution is -0.139. The van der Waals surface area contributed by atoms with Gasteiger partial charge in [0, 0.05) is 16.9 Å². The predicted molar refractivity (Wildman–Crippen MR) is 65.1 cm³/mol. The molecule has 1 aromatic rings. The summed E-state index contributed by atoms with van der Waals surface area (Å²) in [7, 11) is 0. The minimum atomic E-state index is -0.158. The molecular weight excluding hydrogens is 270 g/mol. The Morgan fingerprint density at radius 3 is 3.00 bits per heavy atom. The van der Waals surface area contributed by atoms with Crippen molar-refractivity contribution in [2.45, 2.75) is 25.4 Å². The predicted octanol–water partition coefficient (Wildman–Crippen LogP) is 2.42. The average Bonchev–Trinajstić information content (AvgIpc) is 2.64. The fourth-order valence-electron chi connectivity index (χ4n) is 1.82. The number of benzene rings is 1. The summed E-state index contributed by atoms with van der Waals surface area (Å²) in [6.07, 6.45) is 0.761. The van der Waals surface area contributed by atoms with E-state index in [1.807, 2.05) is 25.1 Å². The van der Waals surface area contributed by atoms with Crippen molar-refractivity contribution in [3.8, 4) is 0 Å². The van der Waals surface area contributed by atoms with E-state index in [0.717, 1.165) is 16.5 Å². The molecule has 0 aromatic heterocycles. The Morgan fingerprint density at radius 2 is 2.38 bits per heavy atom. The van der Waals surface area contributed by atoms with Crippen LogP contribution in [0.5, 0.6) is 0 Å². The van der Waals surface area contributed by atoms with Crippen molar-refractivity contribution in [1.82, 2.24) is 5.32 Å². The maximum Gasteiger partial charge on any atom is 0.323 e. The highest BCUT2D eigenvalue weighted by Crippen LogP contribution is 2.19. The van der Waals surface area contributed by atoms with Gasteiger partial charge in [-0.15, -0.1) is 0 Å². The summed E-state index contributed by atoms with van der Waals surface area (Å²) < 4.78 is 5.96. The van der Waals surface area contributed by atoms with E-state index in [9.17, 15) is 4.79 Å². The number of esters is 1. The molecule has 1 heterocycles. The molecule has 0 amide bonds. The Bertz CT molecular complexity index is 394. The van der Waals surface area contributed by atoms with Crippen molar-refractivity contribution >= 4 is 21.9 Å². The van der Waals surface area contributed by atoms with Gasteiger partial charge < -0.3 is 4.74 Å². The third kappa shape index (κ3) is 2.62. The van der Waals surface area contributed by atoms with Gasteiger partial charge >= 0.3 is 5.97 Å². The second-order valence-corrected chi connectivity index (χ2v) is 4.87. The van der Waals surface area contributed by atoms with Crippen LogP contribution in [0.3, 0.4) is 0 Å². The molecule has 1 fully saturated rings. The molecule has 2 atom stereocenters. The molecule has 0 aliphatic carbocycles. The zero-order chi connectivity index (χ0) is 11.5. The molecule has 0 bridgehead atoms. The molecule has 16 heavy (non-hydrogen) atoms. The van der Waals surface area contributed by atoms with E-state index in [1.165, 1.54) is 0 Å². The van der Waals surface area contributed by atoms with Crippen LogP contribution in [0.1, 0.15) is 24.9 Å². The first kappa shape index (κ1) is 11.6. The Morgan fingerprint density at radius 1 is 1.56 bits per heavy atom. The van der Waals surface area contributed by atoms with Crippen LogP contribution in [0.2, 0.25) is 0 Å². The molecule has 2 unspecified atom stereocenters. The molecule has 1 saturated heterocycles. The number of rotatable bonds is 3. The van der Waals surface area contributed by atoms with Crippen molar-refractivity contribution in [3.63, 3.8) is 0 Å².